The summed E-state index contributed by atoms with van der Waals surface area (Å²) in [7, 11) is 1.53. The van der Waals surface area contributed by atoms with Crippen LogP contribution in [0.3, 0.4) is 0 Å². The second-order valence-electron chi connectivity index (χ2n) is 5.01. The van der Waals surface area contributed by atoms with Crippen molar-refractivity contribution < 1.29 is 14.6 Å². The molecule has 2 rings (SSSR count). The number of halogens is 1. The highest BCUT2D eigenvalue weighted by atomic mass is 35.5. The number of nitrogens with zero attached hydrogens (tertiary/aromatic N) is 1. The number of rotatable bonds is 4. The molecule has 1 amide bonds. The van der Waals surface area contributed by atoms with Gasteiger partial charge < -0.3 is 14.7 Å². The van der Waals surface area contributed by atoms with Gasteiger partial charge in [-0.05, 0) is 43.9 Å². The minimum Gasteiger partial charge on any atom is -0.496 e. The number of methoxy groups -OCH3 is 1. The molecule has 0 aromatic heterocycles. The summed E-state index contributed by atoms with van der Waals surface area (Å²) >= 11 is 5.93. The molecule has 1 aliphatic rings. The molecule has 1 atom stereocenters. The zero-order chi connectivity index (χ0) is 14.5. The number of hydrogen-bond acceptors (Lipinski definition) is 3. The average Bonchev–Trinajstić information content (AvgIpc) is 2.47. The number of likely N-dealkylation sites (tertiary alicyclic amines) is 1. The summed E-state index contributed by atoms with van der Waals surface area (Å²) in [5.41, 5.74) is 0.529. The second kappa shape index (κ2) is 6.95. The molecular weight excluding hydrogens is 278 g/mol. The first-order valence-electron chi connectivity index (χ1n) is 6.92. The van der Waals surface area contributed by atoms with Crippen LogP contribution in [-0.4, -0.2) is 42.2 Å². The van der Waals surface area contributed by atoms with Crippen molar-refractivity contribution in [2.24, 2.45) is 0 Å². The maximum atomic E-state index is 12.7. The van der Waals surface area contributed by atoms with E-state index in [4.69, 9.17) is 21.4 Å². The van der Waals surface area contributed by atoms with Crippen molar-refractivity contribution in [3.63, 3.8) is 0 Å². The molecule has 0 saturated carbocycles. The molecule has 0 aliphatic carbocycles. The van der Waals surface area contributed by atoms with Crippen molar-refractivity contribution in [1.29, 1.82) is 0 Å². The van der Waals surface area contributed by atoms with Crippen LogP contribution in [0.2, 0.25) is 5.02 Å². The van der Waals surface area contributed by atoms with Crippen molar-refractivity contribution in [3.8, 4) is 5.75 Å². The lowest BCUT2D eigenvalue weighted by Gasteiger charge is -2.35. The van der Waals surface area contributed by atoms with Gasteiger partial charge in [0.2, 0.25) is 0 Å². The molecule has 1 aromatic rings. The van der Waals surface area contributed by atoms with E-state index in [9.17, 15) is 4.79 Å². The Morgan fingerprint density at radius 3 is 3.00 bits per heavy atom. The van der Waals surface area contributed by atoms with Crippen LogP contribution < -0.4 is 4.74 Å². The number of hydrogen-bond donors (Lipinski definition) is 1. The molecule has 4 nitrogen and oxygen atoms in total. The fourth-order valence-corrected chi connectivity index (χ4v) is 2.88. The van der Waals surface area contributed by atoms with Gasteiger partial charge in [-0.15, -0.1) is 0 Å². The first-order chi connectivity index (χ1) is 9.67. The Morgan fingerprint density at radius 1 is 1.50 bits per heavy atom. The third-order valence-corrected chi connectivity index (χ3v) is 3.98. The Balaban J connectivity index is 2.24. The van der Waals surface area contributed by atoms with Crippen LogP contribution in [0.4, 0.5) is 0 Å². The highest BCUT2D eigenvalue weighted by Crippen LogP contribution is 2.28. The lowest BCUT2D eigenvalue weighted by atomic mass is 9.98. The molecule has 0 bridgehead atoms. The maximum Gasteiger partial charge on any atom is 0.257 e. The van der Waals surface area contributed by atoms with E-state index < -0.39 is 0 Å². The fraction of sp³-hybridized carbons (Fsp3) is 0.533. The zero-order valence-corrected chi connectivity index (χ0v) is 12.4. The van der Waals surface area contributed by atoms with E-state index >= 15 is 0 Å². The molecule has 5 heteroatoms. The summed E-state index contributed by atoms with van der Waals surface area (Å²) in [4.78, 5) is 14.5. The molecular formula is C15H20ClNO3. The molecule has 20 heavy (non-hydrogen) atoms. The molecule has 1 unspecified atom stereocenters. The van der Waals surface area contributed by atoms with Crippen LogP contribution in [0, 0.1) is 0 Å². The third kappa shape index (κ3) is 3.25. The molecule has 1 aromatic carbocycles. The molecule has 1 saturated heterocycles. The number of piperidine rings is 1. The van der Waals surface area contributed by atoms with Crippen LogP contribution in [-0.2, 0) is 0 Å². The summed E-state index contributed by atoms with van der Waals surface area (Å²) in [6.07, 6.45) is 3.68. The standard InChI is InChI=1S/C15H20ClNO3/c1-20-14-10-11(16)5-6-13(14)15(19)17-8-3-2-4-12(17)7-9-18/h5-6,10,12,18H,2-4,7-9H2,1H3. The van der Waals surface area contributed by atoms with Gasteiger partial charge in [0.25, 0.3) is 5.91 Å². The minimum absolute atomic E-state index is 0.0448. The predicted molar refractivity (Wildman–Crippen MR) is 78.4 cm³/mol. The Hall–Kier alpha value is -1.26. The van der Waals surface area contributed by atoms with Gasteiger partial charge in [0, 0.05) is 24.2 Å². The molecule has 0 spiro atoms. The van der Waals surface area contributed by atoms with Gasteiger partial charge >= 0.3 is 0 Å². The highest BCUT2D eigenvalue weighted by Gasteiger charge is 2.28. The lowest BCUT2D eigenvalue weighted by Crippen LogP contribution is -2.44. The summed E-state index contributed by atoms with van der Waals surface area (Å²) in [5, 5.41) is 9.69. The highest BCUT2D eigenvalue weighted by molar-refractivity contribution is 6.30. The van der Waals surface area contributed by atoms with E-state index in [2.05, 4.69) is 0 Å². The Bertz CT molecular complexity index is 476. The number of carbonyl (C=O) groups excluding carboxylic acids is 1. The zero-order valence-electron chi connectivity index (χ0n) is 11.6. The molecule has 0 radical (unpaired) electrons. The number of benzene rings is 1. The number of carbonyl (C=O) groups is 1. The monoisotopic (exact) mass is 297 g/mol. The van der Waals surface area contributed by atoms with E-state index in [-0.39, 0.29) is 18.6 Å². The first-order valence-corrected chi connectivity index (χ1v) is 7.30. The van der Waals surface area contributed by atoms with Gasteiger partial charge in [-0.25, -0.2) is 0 Å². The van der Waals surface area contributed by atoms with Crippen LogP contribution in [0.15, 0.2) is 18.2 Å². The Labute approximate surface area is 124 Å². The van der Waals surface area contributed by atoms with E-state index in [1.54, 1.807) is 18.2 Å². The minimum atomic E-state index is -0.0448. The summed E-state index contributed by atoms with van der Waals surface area (Å²) in [6, 6.07) is 5.16. The van der Waals surface area contributed by atoms with Crippen molar-refractivity contribution >= 4 is 17.5 Å². The number of amides is 1. The van der Waals surface area contributed by atoms with E-state index in [1.807, 2.05) is 4.90 Å². The van der Waals surface area contributed by atoms with E-state index in [1.165, 1.54) is 7.11 Å². The van der Waals surface area contributed by atoms with Crippen LogP contribution in [0.5, 0.6) is 5.75 Å². The van der Waals surface area contributed by atoms with Crippen molar-refractivity contribution in [3.05, 3.63) is 28.8 Å². The quantitative estimate of drug-likeness (QED) is 0.929. The van der Waals surface area contributed by atoms with Crippen LogP contribution in [0.1, 0.15) is 36.0 Å². The van der Waals surface area contributed by atoms with Gasteiger partial charge in [0.05, 0.1) is 12.7 Å². The average molecular weight is 298 g/mol. The third-order valence-electron chi connectivity index (χ3n) is 3.74. The van der Waals surface area contributed by atoms with Gasteiger partial charge in [0.15, 0.2) is 0 Å². The van der Waals surface area contributed by atoms with Crippen LogP contribution >= 0.6 is 11.6 Å². The largest absolute Gasteiger partial charge is 0.496 e. The first kappa shape index (κ1) is 15.1. The fourth-order valence-electron chi connectivity index (χ4n) is 2.71. The van der Waals surface area contributed by atoms with Crippen molar-refractivity contribution in [1.82, 2.24) is 4.90 Å². The molecule has 1 fully saturated rings. The summed E-state index contributed by atoms with van der Waals surface area (Å²) in [6.45, 7) is 0.835. The summed E-state index contributed by atoms with van der Waals surface area (Å²) < 4.78 is 5.25. The molecule has 1 N–H and O–H groups in total. The van der Waals surface area contributed by atoms with Gasteiger partial charge in [-0.3, -0.25) is 4.79 Å². The number of aliphatic hydroxyl groups excluding tert-OH is 1. The molecule has 1 aliphatic heterocycles. The van der Waals surface area contributed by atoms with Crippen molar-refractivity contribution in [2.75, 3.05) is 20.3 Å². The van der Waals surface area contributed by atoms with E-state index in [0.29, 0.717) is 22.8 Å². The SMILES string of the molecule is COc1cc(Cl)ccc1C(=O)N1CCCCC1CCO. The molecule has 1 heterocycles. The maximum absolute atomic E-state index is 12.7. The number of ether oxygens (including phenoxy) is 1. The number of aliphatic hydroxyl groups is 1. The lowest BCUT2D eigenvalue weighted by molar-refractivity contribution is 0.0571. The van der Waals surface area contributed by atoms with Crippen LogP contribution in [0.25, 0.3) is 0 Å². The Morgan fingerprint density at radius 2 is 2.30 bits per heavy atom. The van der Waals surface area contributed by atoms with E-state index in [0.717, 1.165) is 25.8 Å². The Kier molecular flexibility index (Phi) is 5.26. The normalized spacial score (nSPS) is 18.9. The predicted octanol–water partition coefficient (Wildman–Crippen LogP) is 2.73. The second-order valence-corrected chi connectivity index (χ2v) is 5.44. The topological polar surface area (TPSA) is 49.8 Å². The van der Waals surface area contributed by atoms with Crippen molar-refractivity contribution in [2.45, 2.75) is 31.7 Å². The molecule has 110 valence electrons. The van der Waals surface area contributed by atoms with Gasteiger partial charge in [-0.1, -0.05) is 11.6 Å². The van der Waals surface area contributed by atoms with Gasteiger partial charge in [-0.2, -0.15) is 0 Å². The van der Waals surface area contributed by atoms with Gasteiger partial charge in [0.1, 0.15) is 5.75 Å². The smallest absolute Gasteiger partial charge is 0.257 e. The summed E-state index contributed by atoms with van der Waals surface area (Å²) in [5.74, 6) is 0.451.